The first-order valence-electron chi connectivity index (χ1n) is 5.13. The first-order chi connectivity index (χ1) is 8.30. The molecule has 0 heterocycles. The monoisotopic (exact) mass is 265 g/mol. The zero-order valence-corrected chi connectivity index (χ0v) is 9.22. The lowest BCUT2D eigenvalue weighted by Crippen LogP contribution is -2.09. The smallest absolute Gasteiger partial charge is 0.416 e. The Morgan fingerprint density at radius 2 is 2.00 bits per heavy atom. The summed E-state index contributed by atoms with van der Waals surface area (Å²) < 4.78 is 50.0. The number of anilines is 1. The molecule has 0 saturated heterocycles. The van der Waals surface area contributed by atoms with Crippen molar-refractivity contribution in [1.29, 1.82) is 0 Å². The van der Waals surface area contributed by atoms with Gasteiger partial charge in [0.05, 0.1) is 11.3 Å². The van der Waals surface area contributed by atoms with Crippen LogP contribution in [0.15, 0.2) is 18.2 Å². The summed E-state index contributed by atoms with van der Waals surface area (Å²) in [6, 6.07) is 2.15. The van der Waals surface area contributed by atoms with Crippen molar-refractivity contribution in [2.75, 3.05) is 11.9 Å². The van der Waals surface area contributed by atoms with Crippen LogP contribution in [-0.4, -0.2) is 17.6 Å². The van der Waals surface area contributed by atoms with Crippen molar-refractivity contribution < 1.29 is 27.5 Å². The van der Waals surface area contributed by atoms with Gasteiger partial charge in [0.15, 0.2) is 0 Å². The molecule has 0 saturated carbocycles. The number of halogens is 4. The summed E-state index contributed by atoms with van der Waals surface area (Å²) >= 11 is 0. The van der Waals surface area contributed by atoms with Gasteiger partial charge in [-0.25, -0.2) is 4.39 Å². The van der Waals surface area contributed by atoms with E-state index in [9.17, 15) is 22.4 Å². The lowest BCUT2D eigenvalue weighted by Gasteiger charge is -2.10. The van der Waals surface area contributed by atoms with Crippen molar-refractivity contribution >= 4 is 11.7 Å². The van der Waals surface area contributed by atoms with Crippen molar-refractivity contribution in [3.63, 3.8) is 0 Å². The van der Waals surface area contributed by atoms with Gasteiger partial charge in [0.1, 0.15) is 5.82 Å². The molecule has 18 heavy (non-hydrogen) atoms. The highest BCUT2D eigenvalue weighted by Crippen LogP contribution is 2.31. The highest BCUT2D eigenvalue weighted by Gasteiger charge is 2.31. The minimum atomic E-state index is -4.58. The number of carbonyl (C=O) groups is 1. The van der Waals surface area contributed by atoms with E-state index in [0.29, 0.717) is 6.07 Å². The van der Waals surface area contributed by atoms with E-state index in [1.54, 1.807) is 0 Å². The zero-order valence-electron chi connectivity index (χ0n) is 9.22. The maximum absolute atomic E-state index is 13.3. The average molecular weight is 265 g/mol. The fourth-order valence-electron chi connectivity index (χ4n) is 1.30. The van der Waals surface area contributed by atoms with Crippen molar-refractivity contribution in [2.24, 2.45) is 0 Å². The summed E-state index contributed by atoms with van der Waals surface area (Å²) in [7, 11) is 0. The quantitative estimate of drug-likeness (QED) is 0.635. The van der Waals surface area contributed by atoms with Gasteiger partial charge in [-0.15, -0.1) is 0 Å². The van der Waals surface area contributed by atoms with E-state index < -0.39 is 23.5 Å². The predicted molar refractivity (Wildman–Crippen MR) is 56.8 cm³/mol. The minimum Gasteiger partial charge on any atom is -0.481 e. The normalized spacial score (nSPS) is 11.3. The van der Waals surface area contributed by atoms with Crippen LogP contribution < -0.4 is 5.32 Å². The number of carboxylic acids is 1. The van der Waals surface area contributed by atoms with Crippen LogP contribution in [0.3, 0.4) is 0 Å². The molecule has 0 amide bonds. The van der Waals surface area contributed by atoms with Gasteiger partial charge in [-0.2, -0.15) is 13.2 Å². The Bertz CT molecular complexity index is 432. The van der Waals surface area contributed by atoms with Gasteiger partial charge in [0, 0.05) is 13.0 Å². The van der Waals surface area contributed by atoms with Crippen LogP contribution >= 0.6 is 0 Å². The van der Waals surface area contributed by atoms with E-state index >= 15 is 0 Å². The van der Waals surface area contributed by atoms with Crippen molar-refractivity contribution in [3.8, 4) is 0 Å². The van der Waals surface area contributed by atoms with E-state index in [1.165, 1.54) is 0 Å². The molecule has 0 fully saturated rings. The minimum absolute atomic E-state index is 0.0756. The summed E-state index contributed by atoms with van der Waals surface area (Å²) in [6.07, 6.45) is -4.41. The molecule has 3 nitrogen and oxygen atoms in total. The Kier molecular flexibility index (Phi) is 4.52. The van der Waals surface area contributed by atoms with Crippen LogP contribution in [-0.2, 0) is 11.0 Å². The largest absolute Gasteiger partial charge is 0.481 e. The second-order valence-corrected chi connectivity index (χ2v) is 3.62. The van der Waals surface area contributed by atoms with Gasteiger partial charge in [0.2, 0.25) is 0 Å². The second-order valence-electron chi connectivity index (χ2n) is 3.62. The highest BCUT2D eigenvalue weighted by molar-refractivity contribution is 5.66. The highest BCUT2D eigenvalue weighted by atomic mass is 19.4. The average Bonchev–Trinajstić information content (AvgIpc) is 2.24. The standard InChI is InChI=1S/C11H11F4NO2/c12-8-6-7(11(13,14)15)3-4-9(8)16-5-1-2-10(17)18/h3-4,6,16H,1-2,5H2,(H,17,18). The molecule has 1 aromatic rings. The number of hydrogen-bond acceptors (Lipinski definition) is 2. The lowest BCUT2D eigenvalue weighted by molar-refractivity contribution is -0.138. The van der Waals surface area contributed by atoms with E-state index in [0.717, 1.165) is 12.1 Å². The van der Waals surface area contributed by atoms with Crippen molar-refractivity contribution in [2.45, 2.75) is 19.0 Å². The molecule has 0 aliphatic carbocycles. The number of carboxylic acid groups (broad SMARTS) is 1. The van der Waals surface area contributed by atoms with Gasteiger partial charge in [-0.05, 0) is 24.6 Å². The Morgan fingerprint density at radius 3 is 2.50 bits per heavy atom. The predicted octanol–water partition coefficient (Wildman–Crippen LogP) is 3.12. The van der Waals surface area contributed by atoms with E-state index in [-0.39, 0.29) is 25.1 Å². The zero-order chi connectivity index (χ0) is 13.8. The third kappa shape index (κ3) is 4.23. The fraction of sp³-hybridized carbons (Fsp3) is 0.364. The van der Waals surface area contributed by atoms with Crippen LogP contribution in [0.4, 0.5) is 23.2 Å². The molecule has 0 aliphatic rings. The molecule has 1 aromatic carbocycles. The summed E-state index contributed by atoms with van der Waals surface area (Å²) in [5.41, 5.74) is -1.13. The van der Waals surface area contributed by atoms with Gasteiger partial charge in [0.25, 0.3) is 0 Å². The Labute approximate surface area is 100 Å². The molecule has 100 valence electrons. The first-order valence-corrected chi connectivity index (χ1v) is 5.13. The van der Waals surface area contributed by atoms with Gasteiger partial charge in [-0.3, -0.25) is 4.79 Å². The number of aliphatic carboxylic acids is 1. The maximum Gasteiger partial charge on any atom is 0.416 e. The van der Waals surface area contributed by atoms with Crippen LogP contribution in [0.25, 0.3) is 0 Å². The number of alkyl halides is 3. The Hall–Kier alpha value is -1.79. The third-order valence-corrected chi connectivity index (χ3v) is 2.18. The molecular weight excluding hydrogens is 254 g/mol. The molecular formula is C11H11F4NO2. The molecule has 0 atom stereocenters. The fourth-order valence-corrected chi connectivity index (χ4v) is 1.30. The molecule has 0 aromatic heterocycles. The summed E-state index contributed by atoms with van der Waals surface area (Å²) in [5, 5.41) is 10.9. The topological polar surface area (TPSA) is 49.3 Å². The molecule has 0 unspecified atom stereocenters. The second kappa shape index (κ2) is 5.70. The van der Waals surface area contributed by atoms with E-state index in [2.05, 4.69) is 5.32 Å². The van der Waals surface area contributed by atoms with Crippen LogP contribution in [0.1, 0.15) is 18.4 Å². The third-order valence-electron chi connectivity index (χ3n) is 2.18. The molecule has 0 bridgehead atoms. The molecule has 0 spiro atoms. The number of nitrogens with one attached hydrogen (secondary N) is 1. The van der Waals surface area contributed by atoms with Crippen molar-refractivity contribution in [1.82, 2.24) is 0 Å². The lowest BCUT2D eigenvalue weighted by atomic mass is 10.2. The van der Waals surface area contributed by atoms with Crippen LogP contribution in [0.5, 0.6) is 0 Å². The molecule has 0 aliphatic heterocycles. The molecule has 2 N–H and O–H groups in total. The van der Waals surface area contributed by atoms with Gasteiger partial charge >= 0.3 is 12.1 Å². The van der Waals surface area contributed by atoms with Crippen molar-refractivity contribution in [3.05, 3.63) is 29.6 Å². The van der Waals surface area contributed by atoms with Gasteiger partial charge in [-0.1, -0.05) is 0 Å². The van der Waals surface area contributed by atoms with Crippen LogP contribution in [0, 0.1) is 5.82 Å². The van der Waals surface area contributed by atoms with Gasteiger partial charge < -0.3 is 10.4 Å². The van der Waals surface area contributed by atoms with Crippen LogP contribution in [0.2, 0.25) is 0 Å². The summed E-state index contributed by atoms with van der Waals surface area (Å²) in [6.45, 7) is 0.175. The summed E-state index contributed by atoms with van der Waals surface area (Å²) in [4.78, 5) is 10.2. The summed E-state index contributed by atoms with van der Waals surface area (Å²) in [5.74, 6) is -2.00. The maximum atomic E-state index is 13.3. The number of rotatable bonds is 5. The number of benzene rings is 1. The first kappa shape index (κ1) is 14.3. The Balaban J connectivity index is 2.60. The molecule has 0 radical (unpaired) electrons. The number of hydrogen-bond donors (Lipinski definition) is 2. The molecule has 1 rings (SSSR count). The SMILES string of the molecule is O=C(O)CCCNc1ccc(C(F)(F)F)cc1F. The van der Waals surface area contributed by atoms with E-state index in [1.807, 2.05) is 0 Å². The van der Waals surface area contributed by atoms with E-state index in [4.69, 9.17) is 5.11 Å². The molecule has 7 heteroatoms. The Morgan fingerprint density at radius 1 is 1.33 bits per heavy atom.